The number of unbranched alkanes of at least 4 members (excludes halogenated alkanes) is 7. The zero-order valence-electron chi connectivity index (χ0n) is 17.3. The molecule has 0 rings (SSSR count). The van der Waals surface area contributed by atoms with Gasteiger partial charge in [-0.2, -0.15) is 0 Å². The zero-order chi connectivity index (χ0) is 19.8. The second-order valence-electron chi connectivity index (χ2n) is 8.08. The fourth-order valence-electron chi connectivity index (χ4n) is 2.83. The quantitative estimate of drug-likeness (QED) is 0.137. The second-order valence-corrected chi connectivity index (χ2v) is 8.08. The number of allylic oxidation sites excluding steroid dienone is 2. The lowest BCUT2D eigenvalue weighted by atomic mass is 10.1. The van der Waals surface area contributed by atoms with Crippen LogP contribution in [0.25, 0.3) is 0 Å². The Morgan fingerprint density at radius 3 is 2.12 bits per heavy atom. The van der Waals surface area contributed by atoms with Gasteiger partial charge in [-0.25, -0.2) is 0 Å². The maximum atomic E-state index is 11.9. The molecule has 1 atom stereocenters. The highest BCUT2D eigenvalue weighted by molar-refractivity contribution is 5.70. The number of carboxylic acids is 1. The summed E-state index contributed by atoms with van der Waals surface area (Å²) in [6.07, 6.45) is 14.3. The third kappa shape index (κ3) is 17.5. The number of nitrogens with zero attached hydrogens (tertiary/aromatic N) is 1. The molecule has 152 valence electrons. The van der Waals surface area contributed by atoms with Crippen LogP contribution in [0.15, 0.2) is 12.2 Å². The predicted octanol–water partition coefficient (Wildman–Crippen LogP) is 3.22. The van der Waals surface area contributed by atoms with Crippen molar-refractivity contribution in [2.24, 2.45) is 0 Å². The van der Waals surface area contributed by atoms with Crippen LogP contribution in [0.3, 0.4) is 0 Å². The van der Waals surface area contributed by atoms with Crippen LogP contribution in [0.2, 0.25) is 0 Å². The third-order valence-corrected chi connectivity index (χ3v) is 4.09. The molecule has 5 heteroatoms. The van der Waals surface area contributed by atoms with Crippen molar-refractivity contribution in [2.75, 3.05) is 27.7 Å². The molecule has 0 saturated carbocycles. The Bertz CT molecular complexity index is 413. The van der Waals surface area contributed by atoms with Gasteiger partial charge in [-0.1, -0.05) is 51.2 Å². The van der Waals surface area contributed by atoms with Crippen LogP contribution in [0.5, 0.6) is 0 Å². The lowest BCUT2D eigenvalue weighted by Gasteiger charge is -2.29. The van der Waals surface area contributed by atoms with E-state index in [1.165, 1.54) is 38.5 Å². The van der Waals surface area contributed by atoms with Crippen molar-refractivity contribution < 1.29 is 23.9 Å². The average Bonchev–Trinajstić information content (AvgIpc) is 2.50. The van der Waals surface area contributed by atoms with E-state index in [0.717, 1.165) is 19.3 Å². The number of aliphatic carboxylic acids is 1. The normalized spacial score (nSPS) is 13.1. The van der Waals surface area contributed by atoms with E-state index in [9.17, 15) is 14.7 Å². The molecule has 0 saturated heterocycles. The fourth-order valence-corrected chi connectivity index (χ4v) is 2.83. The van der Waals surface area contributed by atoms with E-state index in [2.05, 4.69) is 19.1 Å². The fraction of sp³-hybridized carbons (Fsp3) is 0.810. The highest BCUT2D eigenvalue weighted by Crippen LogP contribution is 2.09. The minimum absolute atomic E-state index is 0.251. The van der Waals surface area contributed by atoms with Gasteiger partial charge in [0.2, 0.25) is 0 Å². The molecule has 0 bridgehead atoms. The lowest BCUT2D eigenvalue weighted by Crippen LogP contribution is -2.45. The number of quaternary nitrogens is 1. The number of carbonyl (C=O) groups is 2. The Morgan fingerprint density at radius 1 is 0.962 bits per heavy atom. The Hall–Kier alpha value is -1.36. The molecular weight excluding hydrogens is 333 g/mol. The molecular formula is C21H39NO4. The Morgan fingerprint density at radius 2 is 1.54 bits per heavy atom. The van der Waals surface area contributed by atoms with Gasteiger partial charge in [0, 0.05) is 18.8 Å². The first kappa shape index (κ1) is 24.6. The summed E-state index contributed by atoms with van der Waals surface area (Å²) in [5.41, 5.74) is 0. The van der Waals surface area contributed by atoms with Gasteiger partial charge in [0.1, 0.15) is 6.54 Å². The number of carbonyl (C=O) groups excluding carboxylic acids is 2. The van der Waals surface area contributed by atoms with Gasteiger partial charge in [-0.3, -0.25) is 4.79 Å². The summed E-state index contributed by atoms with van der Waals surface area (Å²) in [5, 5.41) is 10.8. The van der Waals surface area contributed by atoms with E-state index >= 15 is 0 Å². The van der Waals surface area contributed by atoms with Crippen molar-refractivity contribution in [2.45, 2.75) is 83.7 Å². The summed E-state index contributed by atoms with van der Waals surface area (Å²) in [4.78, 5) is 22.7. The van der Waals surface area contributed by atoms with Crippen LogP contribution in [-0.2, 0) is 14.3 Å². The molecule has 0 aliphatic rings. The maximum Gasteiger partial charge on any atom is 0.306 e. The molecule has 0 N–H and O–H groups in total. The first-order valence-electron chi connectivity index (χ1n) is 10.1. The molecule has 0 fully saturated rings. The molecule has 0 aliphatic carbocycles. The van der Waals surface area contributed by atoms with Crippen molar-refractivity contribution in [1.82, 2.24) is 0 Å². The summed E-state index contributed by atoms with van der Waals surface area (Å²) < 4.78 is 5.86. The van der Waals surface area contributed by atoms with E-state index in [1.54, 1.807) is 0 Å². The van der Waals surface area contributed by atoms with Gasteiger partial charge in [-0.15, -0.1) is 0 Å². The monoisotopic (exact) mass is 372 g/mol. The molecule has 0 aromatic heterocycles. The van der Waals surface area contributed by atoms with Crippen LogP contribution in [0.4, 0.5) is 0 Å². The van der Waals surface area contributed by atoms with Gasteiger partial charge < -0.3 is 19.1 Å². The van der Waals surface area contributed by atoms with Crippen molar-refractivity contribution >= 4 is 11.9 Å². The average molecular weight is 373 g/mol. The predicted molar refractivity (Wildman–Crippen MR) is 103 cm³/mol. The van der Waals surface area contributed by atoms with Gasteiger partial charge in [0.25, 0.3) is 0 Å². The lowest BCUT2D eigenvalue weighted by molar-refractivity contribution is -0.873. The highest BCUT2D eigenvalue weighted by Gasteiger charge is 2.22. The number of esters is 1. The maximum absolute atomic E-state index is 11.9. The van der Waals surface area contributed by atoms with Crippen LogP contribution >= 0.6 is 0 Å². The molecule has 0 radical (unpaired) electrons. The molecule has 26 heavy (non-hydrogen) atoms. The van der Waals surface area contributed by atoms with E-state index in [1.807, 2.05) is 21.1 Å². The number of carboxylic acid groups (broad SMARTS) is 1. The van der Waals surface area contributed by atoms with E-state index in [-0.39, 0.29) is 12.4 Å². The summed E-state index contributed by atoms with van der Waals surface area (Å²) >= 11 is 0. The topological polar surface area (TPSA) is 66.4 Å². The number of rotatable bonds is 16. The number of likely N-dealkylation sites (N-methyl/N-ethyl adjacent to an activating group) is 1. The number of hydrogen-bond acceptors (Lipinski definition) is 4. The number of ether oxygens (including phenoxy) is 1. The Labute approximate surface area is 160 Å². The van der Waals surface area contributed by atoms with E-state index in [4.69, 9.17) is 4.74 Å². The van der Waals surface area contributed by atoms with E-state index < -0.39 is 12.1 Å². The summed E-state index contributed by atoms with van der Waals surface area (Å²) in [7, 11) is 5.81. The third-order valence-electron chi connectivity index (χ3n) is 4.09. The summed E-state index contributed by atoms with van der Waals surface area (Å²) in [6, 6.07) is 0. The molecule has 0 aromatic carbocycles. The standard InChI is InChI=1S/C21H39NO4/c1-5-6-7-8-9-10-11-12-13-14-15-16-21(25)26-19(17-20(23)24)18-22(2,3)4/h12-13,19H,5-11,14-18H2,1-4H3/b13-12-/t19-/m0/s1/i2+1,3+1,4+1. The molecule has 0 spiro atoms. The van der Waals surface area contributed by atoms with Gasteiger partial charge in [0.15, 0.2) is 6.10 Å². The first-order valence-corrected chi connectivity index (χ1v) is 10.1. The first-order chi connectivity index (χ1) is 12.2. The largest absolute Gasteiger partial charge is 0.550 e. The Balaban J connectivity index is 3.85. The highest BCUT2D eigenvalue weighted by atomic mass is 16.5. The minimum atomic E-state index is -1.19. The van der Waals surface area contributed by atoms with Crippen LogP contribution < -0.4 is 5.11 Å². The van der Waals surface area contributed by atoms with Crippen LogP contribution in [-0.4, -0.2) is 50.2 Å². The smallest absolute Gasteiger partial charge is 0.306 e. The number of hydrogen-bond donors (Lipinski definition) is 0. The summed E-state index contributed by atoms with van der Waals surface area (Å²) in [6.45, 7) is 2.68. The minimum Gasteiger partial charge on any atom is -0.550 e. The van der Waals surface area contributed by atoms with Crippen molar-refractivity contribution in [3.8, 4) is 0 Å². The molecule has 0 aliphatic heterocycles. The SMILES string of the molecule is CCCCCCCC/C=C\CCCC(=O)O[C@@H](CC(=O)[O-])C[N+]([13CH3])([13CH3])[13CH3]. The van der Waals surface area contributed by atoms with Gasteiger partial charge >= 0.3 is 5.97 Å². The second kappa shape index (κ2) is 14.8. The molecule has 0 heterocycles. The van der Waals surface area contributed by atoms with Crippen molar-refractivity contribution in [1.29, 1.82) is 0 Å². The molecule has 5 nitrogen and oxygen atoms in total. The zero-order valence-corrected chi connectivity index (χ0v) is 17.3. The molecule has 0 unspecified atom stereocenters. The Kier molecular flexibility index (Phi) is 14.0. The van der Waals surface area contributed by atoms with Crippen LogP contribution in [0, 0.1) is 0 Å². The van der Waals surface area contributed by atoms with Crippen molar-refractivity contribution in [3.63, 3.8) is 0 Å². The van der Waals surface area contributed by atoms with Gasteiger partial charge in [0.05, 0.1) is 21.1 Å². The molecule has 0 aromatic rings. The van der Waals surface area contributed by atoms with Crippen molar-refractivity contribution in [3.05, 3.63) is 12.2 Å². The van der Waals surface area contributed by atoms with Gasteiger partial charge in [-0.05, 0) is 25.7 Å². The van der Waals surface area contributed by atoms with E-state index in [0.29, 0.717) is 17.4 Å². The van der Waals surface area contributed by atoms with Crippen LogP contribution in [0.1, 0.15) is 77.6 Å². The molecule has 0 amide bonds. The summed E-state index contributed by atoms with van der Waals surface area (Å²) in [5.74, 6) is -1.51.